The minimum atomic E-state index is -0.350. The average molecular weight is 145 g/mol. The van der Waals surface area contributed by atoms with Crippen molar-refractivity contribution >= 4 is 0 Å². The number of nitrogens with two attached hydrogens (primary N) is 1. The highest BCUT2D eigenvalue weighted by Crippen LogP contribution is 2.03. The van der Waals surface area contributed by atoms with E-state index in [1.54, 1.807) is 6.92 Å². The maximum atomic E-state index is 9.00. The highest BCUT2D eigenvalue weighted by Gasteiger charge is 2.07. The Balaban J connectivity index is 3.13. The molecule has 0 bridgehead atoms. The first-order valence-electron chi connectivity index (χ1n) is 4.12. The third kappa shape index (κ3) is 4.77. The summed E-state index contributed by atoms with van der Waals surface area (Å²) in [6, 6.07) is -0.0217. The molecule has 62 valence electrons. The summed E-state index contributed by atoms with van der Waals surface area (Å²) < 4.78 is 0. The molecule has 0 aliphatic rings. The third-order valence-electron chi connectivity index (χ3n) is 1.76. The lowest BCUT2D eigenvalue weighted by Crippen LogP contribution is -2.31. The van der Waals surface area contributed by atoms with Crippen molar-refractivity contribution in [3.8, 4) is 0 Å². The van der Waals surface area contributed by atoms with Crippen molar-refractivity contribution in [2.45, 2.75) is 51.7 Å². The summed E-state index contributed by atoms with van der Waals surface area (Å²) in [5.41, 5.74) is 5.61. The van der Waals surface area contributed by atoms with Crippen LogP contribution in [0.25, 0.3) is 0 Å². The zero-order valence-corrected chi connectivity index (χ0v) is 7.01. The van der Waals surface area contributed by atoms with Crippen LogP contribution < -0.4 is 5.73 Å². The molecule has 0 saturated heterocycles. The van der Waals surface area contributed by atoms with Gasteiger partial charge in [-0.1, -0.05) is 26.2 Å². The van der Waals surface area contributed by atoms with E-state index < -0.39 is 0 Å². The quantitative estimate of drug-likeness (QED) is 0.572. The molecule has 2 heteroatoms. The van der Waals surface area contributed by atoms with Gasteiger partial charge in [0.25, 0.3) is 0 Å². The second-order valence-corrected chi connectivity index (χ2v) is 2.90. The smallest absolute Gasteiger partial charge is 0.0662 e. The number of aliphatic hydroxyl groups excluding tert-OH is 1. The molecule has 0 aromatic rings. The lowest BCUT2D eigenvalue weighted by atomic mass is 10.1. The Bertz CT molecular complexity index is 73.7. The molecule has 0 aliphatic heterocycles. The first kappa shape index (κ1) is 9.92. The molecule has 0 aromatic heterocycles. The highest BCUT2D eigenvalue weighted by atomic mass is 16.3. The van der Waals surface area contributed by atoms with Crippen LogP contribution in [0.1, 0.15) is 39.5 Å². The van der Waals surface area contributed by atoms with Gasteiger partial charge in [-0.2, -0.15) is 0 Å². The molecule has 2 nitrogen and oxygen atoms in total. The van der Waals surface area contributed by atoms with Crippen LogP contribution in [0.3, 0.4) is 0 Å². The normalized spacial score (nSPS) is 16.8. The Morgan fingerprint density at radius 3 is 2.40 bits per heavy atom. The Kier molecular flexibility index (Phi) is 5.64. The predicted molar refractivity (Wildman–Crippen MR) is 43.8 cm³/mol. The maximum absolute atomic E-state index is 9.00. The van der Waals surface area contributed by atoms with Crippen LogP contribution in [0.4, 0.5) is 0 Å². The lowest BCUT2D eigenvalue weighted by Gasteiger charge is -2.13. The number of rotatable bonds is 5. The molecule has 0 aliphatic carbocycles. The van der Waals surface area contributed by atoms with Gasteiger partial charge in [-0.3, -0.25) is 0 Å². The molecule has 0 amide bonds. The van der Waals surface area contributed by atoms with Crippen molar-refractivity contribution < 1.29 is 5.11 Å². The minimum Gasteiger partial charge on any atom is -0.392 e. The first-order chi connectivity index (χ1) is 4.68. The molecule has 0 radical (unpaired) electrons. The topological polar surface area (TPSA) is 46.2 Å². The van der Waals surface area contributed by atoms with Crippen molar-refractivity contribution in [1.82, 2.24) is 0 Å². The van der Waals surface area contributed by atoms with E-state index in [-0.39, 0.29) is 12.1 Å². The van der Waals surface area contributed by atoms with E-state index >= 15 is 0 Å². The fourth-order valence-corrected chi connectivity index (χ4v) is 0.871. The van der Waals surface area contributed by atoms with E-state index in [1.807, 2.05) is 0 Å². The number of unbranched alkanes of at least 4 members (excludes halogenated alkanes) is 2. The van der Waals surface area contributed by atoms with Crippen LogP contribution in [-0.2, 0) is 0 Å². The zero-order chi connectivity index (χ0) is 7.98. The molecule has 10 heavy (non-hydrogen) atoms. The molecule has 3 N–H and O–H groups in total. The van der Waals surface area contributed by atoms with Gasteiger partial charge in [0.2, 0.25) is 0 Å². The Labute approximate surface area is 63.4 Å². The largest absolute Gasteiger partial charge is 0.392 e. The lowest BCUT2D eigenvalue weighted by molar-refractivity contribution is 0.157. The van der Waals surface area contributed by atoms with Gasteiger partial charge in [-0.05, 0) is 13.3 Å². The molecule has 0 aromatic carbocycles. The fraction of sp³-hybridized carbons (Fsp3) is 1.00. The van der Waals surface area contributed by atoms with Crippen molar-refractivity contribution in [2.24, 2.45) is 5.73 Å². The van der Waals surface area contributed by atoms with E-state index in [0.717, 1.165) is 12.8 Å². The second kappa shape index (κ2) is 5.69. The van der Waals surface area contributed by atoms with Gasteiger partial charge in [-0.15, -0.1) is 0 Å². The molecular weight excluding hydrogens is 126 g/mol. The maximum Gasteiger partial charge on any atom is 0.0662 e. The van der Waals surface area contributed by atoms with E-state index in [2.05, 4.69) is 6.92 Å². The van der Waals surface area contributed by atoms with Crippen LogP contribution in [0, 0.1) is 0 Å². The monoisotopic (exact) mass is 145 g/mol. The van der Waals surface area contributed by atoms with Crippen molar-refractivity contribution in [2.75, 3.05) is 0 Å². The van der Waals surface area contributed by atoms with E-state index in [0.29, 0.717) is 0 Å². The summed E-state index contributed by atoms with van der Waals surface area (Å²) in [6.07, 6.45) is 4.18. The average Bonchev–Trinajstić information content (AvgIpc) is 1.88. The molecule has 0 fully saturated rings. The summed E-state index contributed by atoms with van der Waals surface area (Å²) in [4.78, 5) is 0. The van der Waals surface area contributed by atoms with E-state index in [4.69, 9.17) is 10.8 Å². The first-order valence-corrected chi connectivity index (χ1v) is 4.12. The third-order valence-corrected chi connectivity index (χ3v) is 1.76. The van der Waals surface area contributed by atoms with Crippen LogP contribution in [0.2, 0.25) is 0 Å². The number of aliphatic hydroxyl groups is 1. The summed E-state index contributed by atoms with van der Waals surface area (Å²) in [6.45, 7) is 3.91. The summed E-state index contributed by atoms with van der Waals surface area (Å²) >= 11 is 0. The van der Waals surface area contributed by atoms with Crippen molar-refractivity contribution in [3.05, 3.63) is 0 Å². The number of hydrogen-bond donors (Lipinski definition) is 2. The summed E-state index contributed by atoms with van der Waals surface area (Å²) in [5, 5.41) is 9.00. The molecule has 2 unspecified atom stereocenters. The second-order valence-electron chi connectivity index (χ2n) is 2.90. The predicted octanol–water partition coefficient (Wildman–Crippen LogP) is 1.27. The number of hydrogen-bond acceptors (Lipinski definition) is 2. The van der Waals surface area contributed by atoms with Crippen LogP contribution in [0.5, 0.6) is 0 Å². The fourth-order valence-electron chi connectivity index (χ4n) is 0.871. The zero-order valence-electron chi connectivity index (χ0n) is 7.01. The Morgan fingerprint density at radius 1 is 1.40 bits per heavy atom. The standard InChI is InChI=1S/C8H19NO/c1-3-4-5-6-8(9)7(2)10/h7-8,10H,3-6,9H2,1-2H3. The molecule has 0 spiro atoms. The van der Waals surface area contributed by atoms with Gasteiger partial charge in [0.05, 0.1) is 6.10 Å². The van der Waals surface area contributed by atoms with Gasteiger partial charge in [0.1, 0.15) is 0 Å². The van der Waals surface area contributed by atoms with Crippen molar-refractivity contribution in [1.29, 1.82) is 0 Å². The van der Waals surface area contributed by atoms with Crippen LogP contribution in [-0.4, -0.2) is 17.3 Å². The SMILES string of the molecule is CCCCCC(N)C(C)O. The van der Waals surface area contributed by atoms with Gasteiger partial charge >= 0.3 is 0 Å². The van der Waals surface area contributed by atoms with Gasteiger partial charge in [-0.25, -0.2) is 0 Å². The summed E-state index contributed by atoms with van der Waals surface area (Å²) in [5.74, 6) is 0. The van der Waals surface area contributed by atoms with Crippen LogP contribution >= 0.6 is 0 Å². The summed E-state index contributed by atoms with van der Waals surface area (Å²) in [7, 11) is 0. The molecular formula is C8H19NO. The molecule has 0 saturated carbocycles. The Morgan fingerprint density at radius 2 is 2.00 bits per heavy atom. The van der Waals surface area contributed by atoms with E-state index in [9.17, 15) is 0 Å². The highest BCUT2D eigenvalue weighted by molar-refractivity contribution is 4.66. The Hall–Kier alpha value is -0.0800. The minimum absolute atomic E-state index is 0.0217. The molecule has 0 heterocycles. The van der Waals surface area contributed by atoms with Gasteiger partial charge < -0.3 is 10.8 Å². The van der Waals surface area contributed by atoms with Gasteiger partial charge in [0.15, 0.2) is 0 Å². The van der Waals surface area contributed by atoms with Crippen LogP contribution in [0.15, 0.2) is 0 Å². The van der Waals surface area contributed by atoms with E-state index in [1.165, 1.54) is 12.8 Å². The molecule has 0 rings (SSSR count). The van der Waals surface area contributed by atoms with Gasteiger partial charge in [0, 0.05) is 6.04 Å². The molecule has 2 atom stereocenters. The van der Waals surface area contributed by atoms with Crippen molar-refractivity contribution in [3.63, 3.8) is 0 Å².